The van der Waals surface area contributed by atoms with E-state index >= 15 is 0 Å². The Bertz CT molecular complexity index is 273. The maximum Gasteiger partial charge on any atom is 0.186 e. The maximum atomic E-state index is 5.58. The lowest BCUT2D eigenvalue weighted by molar-refractivity contribution is -0.282. The van der Waals surface area contributed by atoms with Gasteiger partial charge < -0.3 is 14.2 Å². The van der Waals surface area contributed by atoms with Crippen molar-refractivity contribution in [3.05, 3.63) is 35.9 Å². The highest BCUT2D eigenvalue weighted by Crippen LogP contribution is 2.25. The average Bonchev–Trinajstić information content (AvgIpc) is 2.30. The minimum absolute atomic E-state index is 0.144. The minimum atomic E-state index is -0.283. The smallest absolute Gasteiger partial charge is 0.186 e. The van der Waals surface area contributed by atoms with Gasteiger partial charge in [0.1, 0.15) is 0 Å². The topological polar surface area (TPSA) is 27.7 Å². The van der Waals surface area contributed by atoms with Crippen LogP contribution in [0.5, 0.6) is 0 Å². The summed E-state index contributed by atoms with van der Waals surface area (Å²) in [6, 6.07) is 9.89. The second-order valence-corrected chi connectivity index (χ2v) is 3.20. The number of hydrogen-bond acceptors (Lipinski definition) is 3. The molecule has 3 heteroatoms. The van der Waals surface area contributed by atoms with Crippen LogP contribution < -0.4 is 0 Å². The largest absolute Gasteiger partial charge is 0.356 e. The highest BCUT2D eigenvalue weighted by Gasteiger charge is 2.23. The van der Waals surface area contributed by atoms with Gasteiger partial charge in [0.15, 0.2) is 12.6 Å². The van der Waals surface area contributed by atoms with Crippen LogP contribution in [0, 0.1) is 0 Å². The van der Waals surface area contributed by atoms with Crippen LogP contribution in [0.25, 0.3) is 0 Å². The van der Waals surface area contributed by atoms with E-state index in [-0.39, 0.29) is 12.6 Å². The Labute approximate surface area is 83.6 Å². The molecular formula is C11H14O3. The SMILES string of the molecule is COC1CCOC(c2ccccc2)O1. The second kappa shape index (κ2) is 4.55. The van der Waals surface area contributed by atoms with Gasteiger partial charge in [0.25, 0.3) is 0 Å². The third-order valence-electron chi connectivity index (χ3n) is 2.23. The Kier molecular flexibility index (Phi) is 3.14. The van der Waals surface area contributed by atoms with Gasteiger partial charge in [-0.25, -0.2) is 0 Å². The van der Waals surface area contributed by atoms with Crippen LogP contribution in [-0.2, 0) is 14.2 Å². The molecule has 0 N–H and O–H groups in total. The van der Waals surface area contributed by atoms with Crippen LogP contribution in [0.2, 0.25) is 0 Å². The zero-order valence-electron chi connectivity index (χ0n) is 8.18. The molecule has 0 radical (unpaired) electrons. The first-order valence-corrected chi connectivity index (χ1v) is 4.75. The number of benzene rings is 1. The molecule has 1 aromatic rings. The molecule has 0 spiro atoms. The van der Waals surface area contributed by atoms with Gasteiger partial charge in [-0.05, 0) is 0 Å². The van der Waals surface area contributed by atoms with Gasteiger partial charge in [0.2, 0.25) is 0 Å². The molecule has 2 unspecified atom stereocenters. The first-order valence-electron chi connectivity index (χ1n) is 4.75. The van der Waals surface area contributed by atoms with E-state index < -0.39 is 0 Å². The van der Waals surface area contributed by atoms with Crippen LogP contribution in [0.3, 0.4) is 0 Å². The summed E-state index contributed by atoms with van der Waals surface area (Å²) >= 11 is 0. The van der Waals surface area contributed by atoms with E-state index in [4.69, 9.17) is 14.2 Å². The molecule has 1 aliphatic rings. The third-order valence-corrected chi connectivity index (χ3v) is 2.23. The van der Waals surface area contributed by atoms with Crippen molar-refractivity contribution in [1.29, 1.82) is 0 Å². The van der Waals surface area contributed by atoms with Crippen LogP contribution >= 0.6 is 0 Å². The van der Waals surface area contributed by atoms with Gasteiger partial charge in [-0.1, -0.05) is 30.3 Å². The summed E-state index contributed by atoms with van der Waals surface area (Å²) in [7, 11) is 1.65. The van der Waals surface area contributed by atoms with Crippen LogP contribution in [0.15, 0.2) is 30.3 Å². The van der Waals surface area contributed by atoms with E-state index in [1.54, 1.807) is 7.11 Å². The van der Waals surface area contributed by atoms with Crippen LogP contribution in [-0.4, -0.2) is 20.0 Å². The standard InChI is InChI=1S/C11H14O3/c1-12-10-7-8-13-11(14-10)9-5-3-2-4-6-9/h2-6,10-11H,7-8H2,1H3. The van der Waals surface area contributed by atoms with E-state index in [9.17, 15) is 0 Å². The Hall–Kier alpha value is -0.900. The third kappa shape index (κ3) is 2.12. The number of rotatable bonds is 2. The molecule has 1 fully saturated rings. The number of ether oxygens (including phenoxy) is 3. The molecule has 0 aliphatic carbocycles. The van der Waals surface area contributed by atoms with E-state index in [2.05, 4.69) is 0 Å². The van der Waals surface area contributed by atoms with Crippen molar-refractivity contribution >= 4 is 0 Å². The van der Waals surface area contributed by atoms with E-state index in [1.807, 2.05) is 30.3 Å². The molecule has 0 saturated carbocycles. The molecule has 76 valence electrons. The van der Waals surface area contributed by atoms with Crippen molar-refractivity contribution in [2.24, 2.45) is 0 Å². The van der Waals surface area contributed by atoms with Gasteiger partial charge >= 0.3 is 0 Å². The molecule has 1 saturated heterocycles. The summed E-state index contributed by atoms with van der Waals surface area (Å²) in [4.78, 5) is 0. The molecule has 2 atom stereocenters. The molecule has 0 aromatic heterocycles. The molecule has 0 amide bonds. The fourth-order valence-electron chi connectivity index (χ4n) is 1.47. The van der Waals surface area contributed by atoms with Gasteiger partial charge in [0, 0.05) is 19.1 Å². The van der Waals surface area contributed by atoms with Crippen molar-refractivity contribution in [2.75, 3.05) is 13.7 Å². The summed E-state index contributed by atoms with van der Waals surface area (Å²) in [5.74, 6) is 0. The van der Waals surface area contributed by atoms with E-state index in [1.165, 1.54) is 0 Å². The highest BCUT2D eigenvalue weighted by atomic mass is 16.8. The zero-order valence-corrected chi connectivity index (χ0v) is 8.18. The van der Waals surface area contributed by atoms with Crippen molar-refractivity contribution in [3.63, 3.8) is 0 Å². The maximum absolute atomic E-state index is 5.58. The fraction of sp³-hybridized carbons (Fsp3) is 0.455. The first-order chi connectivity index (χ1) is 6.90. The highest BCUT2D eigenvalue weighted by molar-refractivity contribution is 5.16. The lowest BCUT2D eigenvalue weighted by Crippen LogP contribution is -2.28. The molecular weight excluding hydrogens is 180 g/mol. The Balaban J connectivity index is 2.04. The van der Waals surface area contributed by atoms with Crippen molar-refractivity contribution in [2.45, 2.75) is 19.0 Å². The minimum Gasteiger partial charge on any atom is -0.356 e. The lowest BCUT2D eigenvalue weighted by atomic mass is 10.2. The predicted octanol–water partition coefficient (Wildman–Crippen LogP) is 2.09. The summed E-state index contributed by atoms with van der Waals surface area (Å²) in [6.07, 6.45) is 0.365. The molecule has 14 heavy (non-hydrogen) atoms. The van der Waals surface area contributed by atoms with Crippen molar-refractivity contribution in [3.8, 4) is 0 Å². The molecule has 1 heterocycles. The van der Waals surface area contributed by atoms with Gasteiger partial charge in [-0.15, -0.1) is 0 Å². The molecule has 1 aromatic carbocycles. The monoisotopic (exact) mass is 194 g/mol. The first kappa shape index (κ1) is 9.65. The van der Waals surface area contributed by atoms with Gasteiger partial charge in [0.05, 0.1) is 6.61 Å². The normalized spacial score (nSPS) is 27.5. The Morgan fingerprint density at radius 2 is 2.07 bits per heavy atom. The number of hydrogen-bond donors (Lipinski definition) is 0. The Morgan fingerprint density at radius 3 is 2.79 bits per heavy atom. The van der Waals surface area contributed by atoms with E-state index in [0.29, 0.717) is 6.61 Å². The van der Waals surface area contributed by atoms with Crippen molar-refractivity contribution < 1.29 is 14.2 Å². The van der Waals surface area contributed by atoms with Gasteiger partial charge in [-0.2, -0.15) is 0 Å². The lowest BCUT2D eigenvalue weighted by Gasteiger charge is -2.29. The quantitative estimate of drug-likeness (QED) is 0.721. The molecule has 1 aliphatic heterocycles. The molecule has 2 rings (SSSR count). The molecule has 3 nitrogen and oxygen atoms in total. The summed E-state index contributed by atoms with van der Waals surface area (Å²) in [5, 5.41) is 0. The Morgan fingerprint density at radius 1 is 1.29 bits per heavy atom. The van der Waals surface area contributed by atoms with Crippen LogP contribution in [0.4, 0.5) is 0 Å². The summed E-state index contributed by atoms with van der Waals surface area (Å²) < 4.78 is 16.2. The average molecular weight is 194 g/mol. The fourth-order valence-corrected chi connectivity index (χ4v) is 1.47. The van der Waals surface area contributed by atoms with Crippen LogP contribution in [0.1, 0.15) is 18.3 Å². The zero-order chi connectivity index (χ0) is 9.80. The second-order valence-electron chi connectivity index (χ2n) is 3.20. The number of methoxy groups -OCH3 is 1. The summed E-state index contributed by atoms with van der Waals surface area (Å²) in [5.41, 5.74) is 1.04. The predicted molar refractivity (Wildman–Crippen MR) is 51.6 cm³/mol. The molecule has 0 bridgehead atoms. The van der Waals surface area contributed by atoms with Gasteiger partial charge in [-0.3, -0.25) is 0 Å². The summed E-state index contributed by atoms with van der Waals surface area (Å²) in [6.45, 7) is 0.679. The van der Waals surface area contributed by atoms with Crippen molar-refractivity contribution in [1.82, 2.24) is 0 Å². The van der Waals surface area contributed by atoms with E-state index in [0.717, 1.165) is 12.0 Å².